The van der Waals surface area contributed by atoms with Crippen LogP contribution in [-0.4, -0.2) is 104 Å². The molecule has 0 radical (unpaired) electrons. The Bertz CT molecular complexity index is 2370. The third kappa shape index (κ3) is 22.2. The quantitative estimate of drug-likeness (QED) is 0.0837. The Morgan fingerprint density at radius 1 is 0.510 bits per heavy atom. The molecule has 0 aromatic heterocycles. The third-order valence-electron chi connectivity index (χ3n) is 23.5. The first-order valence-electron chi connectivity index (χ1n) is 34.2. The van der Waals surface area contributed by atoms with Gasteiger partial charge in [0, 0.05) is 31.1 Å². The van der Waals surface area contributed by atoms with E-state index in [0.717, 1.165) is 95.3 Å². The number of likely N-dealkylation sites (tertiary alicyclic amines) is 1. The lowest BCUT2D eigenvalue weighted by molar-refractivity contribution is -0.264. The molecule has 0 aromatic carbocycles. The standard InChI is InChI=1S/C19H32O2.C16H26O4.C14H26O2.C12H19NO2.C10H16O4.10CH4/c1-6-18(4,5)17(20)21-19(12(2)3)15-8-13-7-14(10-15)11-16(19)9-13;1-4-13(2,3)12(17)20-16-7-11-5-14(18,9-16)8-15(19,6-11)10-16;1-5-13(3,4)12(15)16-14(6-2)10-8-7-9-11-14;1-4-12(2,3)11(15)13-9-7-5-6-8(9)10(13)14;1-4-10(2,3)9(12)14-7-5-6-13-8(7)11;;;;;;;;;;/h12-16H,6-11H2,1-5H3;11,18-19H,4-10H2,1-3H3;5-11H2,1-4H3;8-9H,4-7H2,1-3H3;7H,4-6H2,1-3H3;10*1H4. The number of β-lactam (4-membered cyclic amide) rings is 1. The van der Waals surface area contributed by atoms with Gasteiger partial charge in [-0.1, -0.05) is 156 Å². The van der Waals surface area contributed by atoms with Crippen molar-refractivity contribution in [3.63, 3.8) is 0 Å². The lowest BCUT2D eigenvalue weighted by Crippen LogP contribution is -2.67. The molecule has 10 aliphatic carbocycles. The molecule has 572 valence electrons. The minimum atomic E-state index is -0.842. The number of amides is 2. The van der Waals surface area contributed by atoms with Crippen molar-refractivity contribution < 1.29 is 67.5 Å². The molecule has 0 aromatic rings. The molecule has 2 amide bonds. The van der Waals surface area contributed by atoms with E-state index in [9.17, 15) is 43.8 Å². The van der Waals surface area contributed by atoms with Crippen LogP contribution in [0.1, 0.15) is 366 Å². The van der Waals surface area contributed by atoms with Crippen molar-refractivity contribution in [2.24, 2.45) is 68.5 Å². The van der Waals surface area contributed by atoms with Crippen molar-refractivity contribution >= 4 is 41.7 Å². The second-order valence-electron chi connectivity index (χ2n) is 32.4. The minimum absolute atomic E-state index is 0. The van der Waals surface area contributed by atoms with Crippen molar-refractivity contribution in [3.8, 4) is 0 Å². The molecule has 15 nitrogen and oxygen atoms in total. The van der Waals surface area contributed by atoms with Gasteiger partial charge in [0.25, 0.3) is 0 Å². The normalized spacial score (nSPS) is 30.1. The van der Waals surface area contributed by atoms with Gasteiger partial charge in [-0.25, -0.2) is 4.79 Å². The first-order chi connectivity index (χ1) is 39.8. The number of carbonyl (C=O) groups excluding carboxylic acids is 7. The summed E-state index contributed by atoms with van der Waals surface area (Å²) in [5.41, 5.74) is -4.75. The molecule has 5 atom stereocenters. The first kappa shape index (κ1) is 101. The summed E-state index contributed by atoms with van der Waals surface area (Å²) >= 11 is 0. The Hall–Kier alpha value is -3.59. The summed E-state index contributed by atoms with van der Waals surface area (Å²) in [5, 5.41) is 21.3. The van der Waals surface area contributed by atoms with E-state index in [1.807, 2.05) is 83.1 Å². The van der Waals surface area contributed by atoms with E-state index >= 15 is 0 Å². The van der Waals surface area contributed by atoms with Gasteiger partial charge in [-0.3, -0.25) is 33.7 Å². The van der Waals surface area contributed by atoms with Crippen LogP contribution in [0.2, 0.25) is 0 Å². The van der Waals surface area contributed by atoms with Gasteiger partial charge in [0.15, 0.2) is 0 Å². The summed E-state index contributed by atoms with van der Waals surface area (Å²) in [5.74, 6) is 3.10. The van der Waals surface area contributed by atoms with Crippen LogP contribution in [0.5, 0.6) is 0 Å². The highest BCUT2D eigenvalue weighted by Gasteiger charge is 2.65. The fraction of sp³-hybridized carbons (Fsp3) is 0.914. The van der Waals surface area contributed by atoms with E-state index in [-0.39, 0.29) is 155 Å². The van der Waals surface area contributed by atoms with Crippen molar-refractivity contribution in [2.75, 3.05) is 6.61 Å². The number of rotatable bonds is 16. The van der Waals surface area contributed by atoms with Crippen LogP contribution in [0.4, 0.5) is 0 Å². The number of cyclic esters (lactones) is 1. The van der Waals surface area contributed by atoms with E-state index in [4.69, 9.17) is 23.7 Å². The average Bonchev–Trinajstić information content (AvgIpc) is 0.833. The van der Waals surface area contributed by atoms with Gasteiger partial charge >= 0.3 is 29.8 Å². The molecule has 8 bridgehead atoms. The molecule has 96 heavy (non-hydrogen) atoms. The fourth-order valence-corrected chi connectivity index (χ4v) is 16.2. The van der Waals surface area contributed by atoms with Gasteiger partial charge in [0.1, 0.15) is 16.8 Å². The largest absolute Gasteiger partial charge is 0.463 e. The van der Waals surface area contributed by atoms with Crippen LogP contribution >= 0.6 is 0 Å². The average molecular weight is 1370 g/mol. The number of carbonyl (C=O) groups is 7. The van der Waals surface area contributed by atoms with Crippen LogP contribution in [0.25, 0.3) is 0 Å². The second kappa shape index (κ2) is 38.4. The lowest BCUT2D eigenvalue weighted by atomic mass is 9.47. The van der Waals surface area contributed by atoms with Gasteiger partial charge < -0.3 is 33.9 Å². The van der Waals surface area contributed by atoms with Gasteiger partial charge in [0.05, 0.1) is 51.4 Å². The van der Waals surface area contributed by atoms with E-state index < -0.39 is 39.7 Å². The molecule has 12 aliphatic rings. The summed E-state index contributed by atoms with van der Waals surface area (Å²) in [7, 11) is 0. The molecule has 12 rings (SSSR count). The summed E-state index contributed by atoms with van der Waals surface area (Å²) in [6, 6.07) is 0.232. The Labute approximate surface area is 592 Å². The topological polar surface area (TPSA) is 209 Å². The molecule has 2 saturated heterocycles. The number of hydrogen-bond donors (Lipinski definition) is 2. The number of imide groups is 1. The highest BCUT2D eigenvalue weighted by atomic mass is 16.6. The monoisotopic (exact) mass is 1370 g/mol. The number of hydrogen-bond acceptors (Lipinski definition) is 14. The molecule has 0 spiro atoms. The maximum atomic E-state index is 12.8. The zero-order valence-electron chi connectivity index (χ0n) is 57.0. The third-order valence-corrected chi connectivity index (χ3v) is 23.5. The number of nitrogens with zero attached hydrogens (tertiary/aromatic N) is 1. The SMILES string of the molecule is C.C.C.C.C.C.C.C.C.C.CCC(C)(C)C(=O)N1C(=O)C2CCCC21.CCC(C)(C)C(=O)OC1(C(C)C)C2CC3CC(C2)CC1C3.CCC(C)(C)C(=O)OC12CC3CC(O)(CC(O)(C3)C1)C2.CCC(C)(C)C(=O)OC1CCOC1=O.CCC1(OC(=O)C(C)(C)CC)CCCCC1. The van der Waals surface area contributed by atoms with Crippen LogP contribution < -0.4 is 0 Å². The van der Waals surface area contributed by atoms with E-state index in [2.05, 4.69) is 27.7 Å². The smallest absolute Gasteiger partial charge is 0.347 e. The van der Waals surface area contributed by atoms with Gasteiger partial charge in [-0.2, -0.15) is 0 Å². The zero-order valence-corrected chi connectivity index (χ0v) is 57.0. The van der Waals surface area contributed by atoms with Gasteiger partial charge in [-0.15, -0.1) is 0 Å². The number of esters is 5. The predicted molar refractivity (Wildman–Crippen MR) is 399 cm³/mol. The molecular weight excluding hydrogens is 1210 g/mol. The van der Waals surface area contributed by atoms with Crippen LogP contribution in [0.15, 0.2) is 0 Å². The van der Waals surface area contributed by atoms with E-state index in [1.54, 1.807) is 13.8 Å². The summed E-state index contributed by atoms with van der Waals surface area (Å²) in [6.07, 6.45) is 23.8. The minimum Gasteiger partial charge on any atom is -0.463 e. The van der Waals surface area contributed by atoms with Gasteiger partial charge in [-0.05, 0) is 219 Å². The number of aliphatic hydroxyl groups is 2. The molecule has 10 saturated carbocycles. The molecular formula is C81H159NO14. The summed E-state index contributed by atoms with van der Waals surface area (Å²) in [6.45, 7) is 36.3. The highest BCUT2D eigenvalue weighted by molar-refractivity contribution is 6.04. The van der Waals surface area contributed by atoms with E-state index in [0.29, 0.717) is 56.5 Å². The molecule has 5 unspecified atom stereocenters. The van der Waals surface area contributed by atoms with Crippen LogP contribution in [0.3, 0.4) is 0 Å². The Kier molecular flexibility index (Phi) is 40.5. The maximum absolute atomic E-state index is 12.8. The zero-order chi connectivity index (χ0) is 64.4. The van der Waals surface area contributed by atoms with Crippen molar-refractivity contribution in [3.05, 3.63) is 0 Å². The Morgan fingerprint density at radius 3 is 1.31 bits per heavy atom. The molecule has 2 aliphatic heterocycles. The van der Waals surface area contributed by atoms with Crippen LogP contribution in [-0.2, 0) is 57.2 Å². The lowest BCUT2D eigenvalue weighted by Gasteiger charge is -2.62. The number of fused-ring (bicyclic) bond motifs is 1. The van der Waals surface area contributed by atoms with E-state index in [1.165, 1.54) is 56.3 Å². The first-order valence-corrected chi connectivity index (χ1v) is 34.2. The fourth-order valence-electron chi connectivity index (χ4n) is 16.2. The summed E-state index contributed by atoms with van der Waals surface area (Å²) in [4.78, 5) is 85.3. The molecule has 12 fully saturated rings. The Balaban J connectivity index is -0.000000353. The summed E-state index contributed by atoms with van der Waals surface area (Å²) < 4.78 is 27.9. The molecule has 2 N–H and O–H groups in total. The number of ether oxygens (including phenoxy) is 5. The van der Waals surface area contributed by atoms with Gasteiger partial charge in [0.2, 0.25) is 17.9 Å². The predicted octanol–water partition coefficient (Wildman–Crippen LogP) is 20.7. The second-order valence-corrected chi connectivity index (χ2v) is 32.4. The molecule has 15 heteroatoms. The molecule has 2 heterocycles. The van der Waals surface area contributed by atoms with Crippen molar-refractivity contribution in [1.29, 1.82) is 0 Å². The van der Waals surface area contributed by atoms with Crippen molar-refractivity contribution in [2.45, 2.75) is 406 Å². The highest BCUT2D eigenvalue weighted by Crippen LogP contribution is 2.63. The van der Waals surface area contributed by atoms with Crippen molar-refractivity contribution in [1.82, 2.24) is 4.90 Å². The maximum Gasteiger partial charge on any atom is 0.347 e. The Morgan fingerprint density at radius 2 is 0.927 bits per heavy atom. The van der Waals surface area contributed by atoms with Crippen LogP contribution in [0, 0.1) is 68.5 Å².